The van der Waals surface area contributed by atoms with Crippen LogP contribution in [0.1, 0.15) is 32.1 Å². The van der Waals surface area contributed by atoms with Gasteiger partial charge in [-0.05, 0) is 37.9 Å². The monoisotopic (exact) mass is 370 g/mol. The maximum atomic E-state index is 12.9. The van der Waals surface area contributed by atoms with Crippen molar-refractivity contribution < 1.29 is 14.7 Å². The first kappa shape index (κ1) is 17.7. The number of aliphatic hydroxyl groups excluding tert-OH is 1. The van der Waals surface area contributed by atoms with E-state index in [1.54, 1.807) is 18.2 Å². The fraction of sp³-hybridized carbons (Fsp3) is 0.529. The van der Waals surface area contributed by atoms with Crippen molar-refractivity contribution in [3.8, 4) is 0 Å². The molecular formula is C17H20Cl2N2O3. The Balaban J connectivity index is 1.87. The lowest BCUT2D eigenvalue weighted by Gasteiger charge is -2.38. The highest BCUT2D eigenvalue weighted by atomic mass is 35.5. The second-order valence-corrected chi connectivity index (χ2v) is 7.05. The van der Waals surface area contributed by atoms with E-state index in [2.05, 4.69) is 4.90 Å². The highest BCUT2D eigenvalue weighted by molar-refractivity contribution is 6.44. The molecule has 130 valence electrons. The van der Waals surface area contributed by atoms with Crippen LogP contribution in [0.2, 0.25) is 10.0 Å². The Labute approximate surface area is 151 Å². The number of hydrogen-bond acceptors (Lipinski definition) is 4. The number of nitrogens with zero attached hydrogens (tertiary/aromatic N) is 2. The minimum Gasteiger partial charge on any atom is -0.396 e. The summed E-state index contributed by atoms with van der Waals surface area (Å²) in [5, 5.41) is 9.80. The van der Waals surface area contributed by atoms with Crippen molar-refractivity contribution in [2.75, 3.05) is 18.1 Å². The third-order valence-electron chi connectivity index (χ3n) is 4.83. The minimum atomic E-state index is -0.482. The number of halogens is 2. The predicted molar refractivity (Wildman–Crippen MR) is 93.4 cm³/mol. The summed E-state index contributed by atoms with van der Waals surface area (Å²) >= 11 is 12.2. The van der Waals surface area contributed by atoms with Crippen LogP contribution in [0.3, 0.4) is 0 Å². The number of benzene rings is 1. The number of carbonyl (C=O) groups is 2. The van der Waals surface area contributed by atoms with Gasteiger partial charge in [0.2, 0.25) is 5.91 Å². The Hall–Kier alpha value is -1.14. The number of carbonyl (C=O) groups excluding carboxylic acids is 2. The summed E-state index contributed by atoms with van der Waals surface area (Å²) in [5.41, 5.74) is 0.345. The van der Waals surface area contributed by atoms with Gasteiger partial charge in [0.25, 0.3) is 5.91 Å². The maximum Gasteiger partial charge on any atom is 0.251 e. The number of likely N-dealkylation sites (tertiary alicyclic amines) is 1. The molecule has 7 heteroatoms. The molecule has 24 heavy (non-hydrogen) atoms. The molecule has 2 aliphatic rings. The molecule has 1 aromatic carbocycles. The van der Waals surface area contributed by atoms with E-state index < -0.39 is 6.04 Å². The van der Waals surface area contributed by atoms with E-state index in [9.17, 15) is 14.7 Å². The van der Waals surface area contributed by atoms with Crippen molar-refractivity contribution in [1.82, 2.24) is 4.90 Å². The molecule has 2 saturated heterocycles. The van der Waals surface area contributed by atoms with Gasteiger partial charge in [-0.1, -0.05) is 35.7 Å². The molecule has 2 aliphatic heterocycles. The van der Waals surface area contributed by atoms with Gasteiger partial charge < -0.3 is 5.11 Å². The average Bonchev–Trinajstić information content (AvgIpc) is 2.86. The molecular weight excluding hydrogens is 351 g/mol. The summed E-state index contributed by atoms with van der Waals surface area (Å²) in [6.07, 6.45) is 3.79. The van der Waals surface area contributed by atoms with Gasteiger partial charge in [0, 0.05) is 12.6 Å². The lowest BCUT2D eigenvalue weighted by atomic mass is 9.97. The standard InChI is InChI=1S/C17H20Cl2N2O3/c18-12-5-3-6-13(16(12)19)21-15(23)10-14(17(21)24)20-8-2-1-4-11(20)7-9-22/h3,5-6,11,14,22H,1-2,4,7-10H2/t11-,14+/m1/s1. The van der Waals surface area contributed by atoms with Gasteiger partial charge in [0.05, 0.1) is 28.2 Å². The molecule has 0 spiro atoms. The van der Waals surface area contributed by atoms with E-state index in [1.807, 2.05) is 0 Å². The molecule has 5 nitrogen and oxygen atoms in total. The molecule has 1 N–H and O–H groups in total. The van der Waals surface area contributed by atoms with Crippen molar-refractivity contribution in [2.45, 2.75) is 44.2 Å². The van der Waals surface area contributed by atoms with Crippen LogP contribution in [-0.2, 0) is 9.59 Å². The van der Waals surface area contributed by atoms with Gasteiger partial charge in [-0.15, -0.1) is 0 Å². The Bertz CT molecular complexity index is 651. The molecule has 0 aromatic heterocycles. The van der Waals surface area contributed by atoms with Crippen molar-refractivity contribution >= 4 is 40.7 Å². The first-order valence-electron chi connectivity index (χ1n) is 8.22. The number of piperidine rings is 1. The summed E-state index contributed by atoms with van der Waals surface area (Å²) in [7, 11) is 0. The Morgan fingerprint density at radius 3 is 2.75 bits per heavy atom. The molecule has 2 amide bonds. The summed E-state index contributed by atoms with van der Waals surface area (Å²) < 4.78 is 0. The number of aliphatic hydroxyl groups is 1. The third-order valence-corrected chi connectivity index (χ3v) is 5.64. The second-order valence-electron chi connectivity index (χ2n) is 6.26. The van der Waals surface area contributed by atoms with E-state index in [0.717, 1.165) is 30.7 Å². The maximum absolute atomic E-state index is 12.9. The molecule has 0 bridgehead atoms. The first-order chi connectivity index (χ1) is 11.5. The first-order valence-corrected chi connectivity index (χ1v) is 8.97. The SMILES string of the molecule is O=C1C[C@H](N2CCCC[C@@H]2CCO)C(=O)N1c1cccc(Cl)c1Cl. The largest absolute Gasteiger partial charge is 0.396 e. The van der Waals surface area contributed by atoms with Crippen molar-refractivity contribution in [1.29, 1.82) is 0 Å². The second kappa shape index (κ2) is 7.40. The van der Waals surface area contributed by atoms with Crippen molar-refractivity contribution in [2.24, 2.45) is 0 Å². The highest BCUT2D eigenvalue weighted by Crippen LogP contribution is 2.37. The highest BCUT2D eigenvalue weighted by Gasteiger charge is 2.45. The average molecular weight is 371 g/mol. The molecule has 1 aromatic rings. The Kier molecular flexibility index (Phi) is 5.45. The summed E-state index contributed by atoms with van der Waals surface area (Å²) in [4.78, 5) is 28.7. The van der Waals surface area contributed by atoms with E-state index in [-0.39, 0.29) is 35.9 Å². The van der Waals surface area contributed by atoms with Crippen LogP contribution in [-0.4, -0.2) is 47.1 Å². The molecule has 0 aliphatic carbocycles. The molecule has 3 rings (SSSR count). The molecule has 2 heterocycles. The molecule has 0 unspecified atom stereocenters. The smallest absolute Gasteiger partial charge is 0.251 e. The van der Waals surface area contributed by atoms with Crippen molar-refractivity contribution in [3.05, 3.63) is 28.2 Å². The number of rotatable bonds is 4. The molecule has 2 fully saturated rings. The lowest BCUT2D eigenvalue weighted by molar-refractivity contribution is -0.123. The zero-order valence-electron chi connectivity index (χ0n) is 13.3. The summed E-state index contributed by atoms with van der Waals surface area (Å²) in [6, 6.07) is 4.59. The molecule has 0 saturated carbocycles. The number of imide groups is 1. The topological polar surface area (TPSA) is 60.9 Å². The van der Waals surface area contributed by atoms with Gasteiger partial charge in [-0.3, -0.25) is 14.5 Å². The molecule has 2 atom stereocenters. The van der Waals surface area contributed by atoms with Gasteiger partial charge >= 0.3 is 0 Å². The van der Waals surface area contributed by atoms with E-state index >= 15 is 0 Å². The van der Waals surface area contributed by atoms with Crippen LogP contribution >= 0.6 is 23.2 Å². The van der Waals surface area contributed by atoms with Crippen LogP contribution in [0.25, 0.3) is 0 Å². The fourth-order valence-corrected chi connectivity index (χ4v) is 4.07. The van der Waals surface area contributed by atoms with Crippen LogP contribution in [0.5, 0.6) is 0 Å². The number of amides is 2. The third kappa shape index (κ3) is 3.18. The van der Waals surface area contributed by atoms with E-state index in [1.165, 1.54) is 0 Å². The minimum absolute atomic E-state index is 0.0832. The quantitative estimate of drug-likeness (QED) is 0.827. The number of anilines is 1. The van der Waals surface area contributed by atoms with Crippen LogP contribution in [0.4, 0.5) is 5.69 Å². The van der Waals surface area contributed by atoms with Gasteiger partial charge in [0.1, 0.15) is 0 Å². The van der Waals surface area contributed by atoms with Crippen LogP contribution in [0.15, 0.2) is 18.2 Å². The van der Waals surface area contributed by atoms with Crippen molar-refractivity contribution in [3.63, 3.8) is 0 Å². The van der Waals surface area contributed by atoms with Gasteiger partial charge in [-0.25, -0.2) is 4.90 Å². The Morgan fingerprint density at radius 2 is 2.00 bits per heavy atom. The zero-order valence-corrected chi connectivity index (χ0v) is 14.8. The van der Waals surface area contributed by atoms with Crippen LogP contribution < -0.4 is 4.90 Å². The van der Waals surface area contributed by atoms with E-state index in [0.29, 0.717) is 17.1 Å². The zero-order chi connectivity index (χ0) is 17.3. The predicted octanol–water partition coefficient (Wildman–Crippen LogP) is 2.86. The van der Waals surface area contributed by atoms with Crippen LogP contribution in [0, 0.1) is 0 Å². The molecule has 0 radical (unpaired) electrons. The fourth-order valence-electron chi connectivity index (χ4n) is 3.69. The Morgan fingerprint density at radius 1 is 1.21 bits per heavy atom. The summed E-state index contributed by atoms with van der Waals surface area (Å²) in [6.45, 7) is 0.853. The van der Waals surface area contributed by atoms with E-state index in [4.69, 9.17) is 23.2 Å². The van der Waals surface area contributed by atoms with Gasteiger partial charge in [-0.2, -0.15) is 0 Å². The lowest BCUT2D eigenvalue weighted by Crippen LogP contribution is -2.50. The van der Waals surface area contributed by atoms with Gasteiger partial charge in [0.15, 0.2) is 0 Å². The normalized spacial score (nSPS) is 25.5. The summed E-state index contributed by atoms with van der Waals surface area (Å²) in [5.74, 6) is -0.517. The number of hydrogen-bond donors (Lipinski definition) is 1.